The summed E-state index contributed by atoms with van der Waals surface area (Å²) >= 11 is 0. The van der Waals surface area contributed by atoms with E-state index in [2.05, 4.69) is 155 Å². The van der Waals surface area contributed by atoms with Crippen LogP contribution in [0.2, 0.25) is 0 Å². The van der Waals surface area contributed by atoms with Crippen molar-refractivity contribution in [2.75, 3.05) is 0 Å². The summed E-state index contributed by atoms with van der Waals surface area (Å²) in [6, 6.07) is 64.5. The van der Waals surface area contributed by atoms with E-state index >= 15 is 0 Å². The van der Waals surface area contributed by atoms with Gasteiger partial charge in [0.15, 0.2) is 0 Å². The Morgan fingerprint density at radius 3 is 1.91 bits per heavy atom. The molecule has 0 radical (unpaired) electrons. The number of aromatic nitrogens is 4. The van der Waals surface area contributed by atoms with Gasteiger partial charge in [0.25, 0.3) is 0 Å². The van der Waals surface area contributed by atoms with Gasteiger partial charge in [-0.25, -0.2) is 9.97 Å². The van der Waals surface area contributed by atoms with Crippen LogP contribution in [0.5, 0.6) is 11.5 Å². The van der Waals surface area contributed by atoms with Gasteiger partial charge in [0, 0.05) is 32.8 Å². The summed E-state index contributed by atoms with van der Waals surface area (Å²) in [7, 11) is 0. The second-order valence-corrected chi connectivity index (χ2v) is 14.2. The molecule has 0 spiro atoms. The third-order valence-corrected chi connectivity index (χ3v) is 11.1. The molecule has 5 nitrogen and oxygen atoms in total. The summed E-state index contributed by atoms with van der Waals surface area (Å²) < 4.78 is 10.9. The lowest BCUT2D eigenvalue weighted by molar-refractivity contribution is 0.486. The SMILES string of the molecule is c1ccc(-c2cccc(-n3c4ccccc4c4cc(-c5ccc6c7ccccc7n(-c7nc8c9c(cccc9n7)Oc7ccccc7-8)c6c5)ccc43)c2)cc1. The highest BCUT2D eigenvalue weighted by atomic mass is 16.5. The molecule has 0 atom stereocenters. The summed E-state index contributed by atoms with van der Waals surface area (Å²) in [4.78, 5) is 10.5. The topological polar surface area (TPSA) is 44.9 Å². The minimum Gasteiger partial charge on any atom is -0.456 e. The fraction of sp³-hybridized carbons (Fsp3) is 0. The van der Waals surface area contributed by atoms with Gasteiger partial charge in [0.1, 0.15) is 11.5 Å². The molecule has 5 heteroatoms. The predicted molar refractivity (Wildman–Crippen MR) is 225 cm³/mol. The smallest absolute Gasteiger partial charge is 0.235 e. The summed E-state index contributed by atoms with van der Waals surface area (Å²) in [6.07, 6.45) is 0. The predicted octanol–water partition coefficient (Wildman–Crippen LogP) is 12.9. The maximum atomic E-state index is 6.30. The van der Waals surface area contributed by atoms with Gasteiger partial charge >= 0.3 is 0 Å². The van der Waals surface area contributed by atoms with Crippen molar-refractivity contribution >= 4 is 54.5 Å². The molecule has 0 saturated carbocycles. The molecule has 256 valence electrons. The normalized spacial score (nSPS) is 12.1. The van der Waals surface area contributed by atoms with Gasteiger partial charge < -0.3 is 9.30 Å². The molecule has 12 rings (SSSR count). The van der Waals surface area contributed by atoms with Gasteiger partial charge in [-0.1, -0.05) is 115 Å². The van der Waals surface area contributed by atoms with Gasteiger partial charge in [0.2, 0.25) is 5.95 Å². The van der Waals surface area contributed by atoms with Crippen molar-refractivity contribution < 1.29 is 4.74 Å². The van der Waals surface area contributed by atoms with Crippen LogP contribution in [0.25, 0.3) is 99.7 Å². The fourth-order valence-electron chi connectivity index (χ4n) is 8.64. The number of para-hydroxylation sites is 3. The second-order valence-electron chi connectivity index (χ2n) is 14.2. The lowest BCUT2D eigenvalue weighted by Gasteiger charge is -2.21. The van der Waals surface area contributed by atoms with E-state index in [9.17, 15) is 0 Å². The van der Waals surface area contributed by atoms with Crippen LogP contribution in [-0.4, -0.2) is 19.1 Å². The van der Waals surface area contributed by atoms with Crippen LogP contribution in [0.1, 0.15) is 0 Å². The van der Waals surface area contributed by atoms with E-state index < -0.39 is 0 Å². The van der Waals surface area contributed by atoms with E-state index in [0.717, 1.165) is 72.3 Å². The van der Waals surface area contributed by atoms with E-state index in [0.29, 0.717) is 5.95 Å². The minimum absolute atomic E-state index is 0.635. The Kier molecular flexibility index (Phi) is 6.27. The van der Waals surface area contributed by atoms with Crippen LogP contribution >= 0.6 is 0 Å². The summed E-state index contributed by atoms with van der Waals surface area (Å²) in [5, 5.41) is 5.69. The number of nitrogens with zero attached hydrogens (tertiary/aromatic N) is 4. The molecule has 0 amide bonds. The van der Waals surface area contributed by atoms with E-state index in [4.69, 9.17) is 14.7 Å². The molecule has 55 heavy (non-hydrogen) atoms. The molecule has 11 aromatic rings. The van der Waals surface area contributed by atoms with Crippen LogP contribution in [0, 0.1) is 0 Å². The van der Waals surface area contributed by atoms with Crippen molar-refractivity contribution in [3.8, 4) is 56.6 Å². The molecule has 1 aliphatic rings. The molecule has 1 aliphatic heterocycles. The van der Waals surface area contributed by atoms with Crippen molar-refractivity contribution in [1.82, 2.24) is 19.1 Å². The number of rotatable bonds is 4. The van der Waals surface area contributed by atoms with Gasteiger partial charge in [-0.05, 0) is 89.0 Å². The highest BCUT2D eigenvalue weighted by Crippen LogP contribution is 2.46. The van der Waals surface area contributed by atoms with Crippen LogP contribution < -0.4 is 4.74 Å². The Bertz CT molecular complexity index is 3360. The van der Waals surface area contributed by atoms with Gasteiger partial charge in [-0.15, -0.1) is 0 Å². The van der Waals surface area contributed by atoms with E-state index in [1.165, 1.54) is 32.9 Å². The monoisotopic (exact) mass is 702 g/mol. The summed E-state index contributed by atoms with van der Waals surface area (Å²) in [5.74, 6) is 2.22. The zero-order chi connectivity index (χ0) is 36.0. The molecule has 0 bridgehead atoms. The maximum Gasteiger partial charge on any atom is 0.235 e. The standard InChI is InChI=1S/C50H30N4O/c1-2-12-31(13-3-1)32-14-10-15-35(28-32)53-42-20-7-5-17-37(42)40-29-33(25-27-44(40)53)34-24-26-38-36-16-4-8-21-43(36)54(45(38)30-34)50-51-41-19-11-23-47-48(41)49(52-50)39-18-6-9-22-46(39)55-47/h1-30H. The first-order valence-corrected chi connectivity index (χ1v) is 18.6. The third-order valence-electron chi connectivity index (χ3n) is 11.1. The summed E-state index contributed by atoms with van der Waals surface area (Å²) in [5.41, 5.74) is 13.0. The first kappa shape index (κ1) is 30.0. The average molecular weight is 703 g/mol. The Hall–Kier alpha value is -7.50. The lowest BCUT2D eigenvalue weighted by atomic mass is 10.0. The van der Waals surface area contributed by atoms with Crippen LogP contribution in [0.3, 0.4) is 0 Å². The Balaban J connectivity index is 1.06. The molecule has 3 aromatic heterocycles. The molecule has 4 heterocycles. The largest absolute Gasteiger partial charge is 0.456 e. The van der Waals surface area contributed by atoms with E-state index in [1.54, 1.807) is 0 Å². The first-order valence-electron chi connectivity index (χ1n) is 18.6. The second kappa shape index (κ2) is 11.5. The molecule has 0 aliphatic carbocycles. The van der Waals surface area contributed by atoms with Crippen molar-refractivity contribution in [2.45, 2.75) is 0 Å². The average Bonchev–Trinajstić information content (AvgIpc) is 3.76. The van der Waals surface area contributed by atoms with Crippen LogP contribution in [0.15, 0.2) is 182 Å². The van der Waals surface area contributed by atoms with Crippen molar-refractivity contribution in [1.29, 1.82) is 0 Å². The molecular formula is C50H30N4O. The fourth-order valence-corrected chi connectivity index (χ4v) is 8.64. The summed E-state index contributed by atoms with van der Waals surface area (Å²) in [6.45, 7) is 0. The molecule has 8 aromatic carbocycles. The van der Waals surface area contributed by atoms with Gasteiger partial charge in [-0.2, -0.15) is 0 Å². The van der Waals surface area contributed by atoms with E-state index in [-0.39, 0.29) is 0 Å². The zero-order valence-electron chi connectivity index (χ0n) is 29.5. The molecular weight excluding hydrogens is 673 g/mol. The quantitative estimate of drug-likeness (QED) is 0.183. The van der Waals surface area contributed by atoms with Crippen LogP contribution in [0.4, 0.5) is 0 Å². The Morgan fingerprint density at radius 1 is 0.382 bits per heavy atom. The highest BCUT2D eigenvalue weighted by Gasteiger charge is 2.24. The van der Waals surface area contributed by atoms with E-state index in [1.807, 2.05) is 36.4 Å². The first-order chi connectivity index (χ1) is 27.3. The number of fused-ring (bicyclic) bond motifs is 8. The molecule has 0 saturated heterocycles. The van der Waals surface area contributed by atoms with Gasteiger partial charge in [0.05, 0.1) is 38.7 Å². The Labute approximate surface area is 316 Å². The number of benzene rings is 8. The number of hydrogen-bond donors (Lipinski definition) is 0. The maximum absolute atomic E-state index is 6.30. The third kappa shape index (κ3) is 4.47. The lowest BCUT2D eigenvalue weighted by Crippen LogP contribution is -2.06. The molecule has 0 unspecified atom stereocenters. The molecule has 0 N–H and O–H groups in total. The highest BCUT2D eigenvalue weighted by molar-refractivity contribution is 6.12. The van der Waals surface area contributed by atoms with Crippen molar-refractivity contribution in [3.05, 3.63) is 182 Å². The minimum atomic E-state index is 0.635. The van der Waals surface area contributed by atoms with Crippen LogP contribution in [-0.2, 0) is 0 Å². The Morgan fingerprint density at radius 2 is 1.02 bits per heavy atom. The number of ether oxygens (including phenoxy) is 1. The van der Waals surface area contributed by atoms with Gasteiger partial charge in [-0.3, -0.25) is 4.57 Å². The number of hydrogen-bond acceptors (Lipinski definition) is 3. The van der Waals surface area contributed by atoms with Crippen molar-refractivity contribution in [3.63, 3.8) is 0 Å². The molecule has 0 fully saturated rings. The zero-order valence-corrected chi connectivity index (χ0v) is 29.5. The van der Waals surface area contributed by atoms with Crippen molar-refractivity contribution in [2.24, 2.45) is 0 Å².